The largest absolute Gasteiger partial charge is 0.497 e. The number of aryl methyl sites for hydroxylation is 1. The first kappa shape index (κ1) is 13.9. The van der Waals surface area contributed by atoms with Crippen molar-refractivity contribution in [1.29, 1.82) is 0 Å². The van der Waals surface area contributed by atoms with Crippen LogP contribution in [-0.4, -0.2) is 23.6 Å². The van der Waals surface area contributed by atoms with Crippen molar-refractivity contribution >= 4 is 21.4 Å². The number of hydrogen-bond donors (Lipinski definition) is 0. The summed E-state index contributed by atoms with van der Waals surface area (Å²) in [5.41, 5.74) is 3.17. The van der Waals surface area contributed by atoms with Gasteiger partial charge in [-0.2, -0.15) is 0 Å². The molecule has 0 N–H and O–H groups in total. The number of nitrogens with zero attached hydrogens (tertiary/aromatic N) is 2. The van der Waals surface area contributed by atoms with Gasteiger partial charge < -0.3 is 9.47 Å². The lowest BCUT2D eigenvalue weighted by Crippen LogP contribution is -1.93. The molecule has 0 aliphatic heterocycles. The van der Waals surface area contributed by atoms with E-state index in [2.05, 4.69) is 40.0 Å². The van der Waals surface area contributed by atoms with E-state index in [0.717, 1.165) is 33.0 Å². The lowest BCUT2D eigenvalue weighted by Gasteiger charge is -2.08. The van der Waals surface area contributed by atoms with Crippen LogP contribution in [0.1, 0.15) is 5.56 Å². The van der Waals surface area contributed by atoms with Gasteiger partial charge in [0.25, 0.3) is 0 Å². The van der Waals surface area contributed by atoms with Crippen molar-refractivity contribution in [3.63, 3.8) is 0 Å². The highest BCUT2D eigenvalue weighted by Gasteiger charge is 2.13. The summed E-state index contributed by atoms with van der Waals surface area (Å²) in [4.78, 5) is 4.62. The molecule has 0 aliphatic rings. The maximum atomic E-state index is 5.33. The average molecular weight is 347 g/mol. The van der Waals surface area contributed by atoms with E-state index in [4.69, 9.17) is 9.47 Å². The third-order valence-electron chi connectivity index (χ3n) is 3.36. The predicted molar refractivity (Wildman–Crippen MR) is 86.2 cm³/mol. The van der Waals surface area contributed by atoms with E-state index in [1.54, 1.807) is 14.2 Å². The summed E-state index contributed by atoms with van der Waals surface area (Å²) in [7, 11) is 3.28. The second kappa shape index (κ2) is 5.41. The minimum absolute atomic E-state index is 0.740. The third kappa shape index (κ3) is 2.49. The summed E-state index contributed by atoms with van der Waals surface area (Å²) < 4.78 is 13.5. The molecule has 2 aromatic heterocycles. The Bertz CT molecular complexity index is 789. The molecule has 0 saturated heterocycles. The first-order valence-corrected chi connectivity index (χ1v) is 7.29. The van der Waals surface area contributed by atoms with Crippen molar-refractivity contribution in [2.75, 3.05) is 14.2 Å². The zero-order valence-corrected chi connectivity index (χ0v) is 13.6. The van der Waals surface area contributed by atoms with Crippen molar-refractivity contribution in [2.24, 2.45) is 0 Å². The van der Waals surface area contributed by atoms with Gasteiger partial charge in [0.15, 0.2) is 0 Å². The lowest BCUT2D eigenvalue weighted by molar-refractivity contribution is 0.394. The Hall–Kier alpha value is -2.01. The van der Waals surface area contributed by atoms with Gasteiger partial charge in [-0.15, -0.1) is 0 Å². The van der Waals surface area contributed by atoms with Gasteiger partial charge >= 0.3 is 0 Å². The summed E-state index contributed by atoms with van der Waals surface area (Å²) in [6, 6.07) is 9.89. The minimum atomic E-state index is 0.740. The fraction of sp³-hybridized carbons (Fsp3) is 0.188. The number of rotatable bonds is 3. The number of methoxy groups -OCH3 is 2. The summed E-state index contributed by atoms with van der Waals surface area (Å²) in [5.74, 6) is 2.32. The first-order chi connectivity index (χ1) is 10.1. The third-order valence-corrected chi connectivity index (χ3v) is 3.95. The number of halogens is 1. The van der Waals surface area contributed by atoms with Gasteiger partial charge in [-0.3, -0.25) is 4.40 Å². The molecule has 2 heterocycles. The van der Waals surface area contributed by atoms with Gasteiger partial charge in [0.2, 0.25) is 0 Å². The van der Waals surface area contributed by atoms with E-state index in [-0.39, 0.29) is 0 Å². The molecule has 108 valence electrons. The molecule has 0 atom stereocenters. The Labute approximate surface area is 131 Å². The normalized spacial score (nSPS) is 10.9. The van der Waals surface area contributed by atoms with Crippen LogP contribution < -0.4 is 9.47 Å². The maximum absolute atomic E-state index is 5.33. The number of ether oxygens (including phenoxy) is 2. The Morgan fingerprint density at radius 3 is 2.33 bits per heavy atom. The van der Waals surface area contributed by atoms with Crippen LogP contribution in [0.25, 0.3) is 16.9 Å². The highest BCUT2D eigenvalue weighted by molar-refractivity contribution is 9.10. The van der Waals surface area contributed by atoms with E-state index in [9.17, 15) is 0 Å². The number of aromatic nitrogens is 2. The Morgan fingerprint density at radius 2 is 1.71 bits per heavy atom. The molecular formula is C16H15BrN2O2. The molecular weight excluding hydrogens is 332 g/mol. The summed E-state index contributed by atoms with van der Waals surface area (Å²) in [6.45, 7) is 2.06. The fourth-order valence-corrected chi connectivity index (χ4v) is 2.77. The summed E-state index contributed by atoms with van der Waals surface area (Å²) in [6.07, 6.45) is 2.02. The molecule has 0 fully saturated rings. The van der Waals surface area contributed by atoms with E-state index in [0.29, 0.717) is 0 Å². The van der Waals surface area contributed by atoms with Crippen LogP contribution in [0.4, 0.5) is 0 Å². The predicted octanol–water partition coefficient (Wildman–Crippen LogP) is 4.09. The number of pyridine rings is 1. The van der Waals surface area contributed by atoms with Gasteiger partial charge in [0.05, 0.1) is 19.7 Å². The second-order valence-electron chi connectivity index (χ2n) is 4.79. The Balaban J connectivity index is 2.25. The van der Waals surface area contributed by atoms with Gasteiger partial charge in [0.1, 0.15) is 21.9 Å². The summed E-state index contributed by atoms with van der Waals surface area (Å²) >= 11 is 3.53. The average Bonchev–Trinajstić information content (AvgIpc) is 2.83. The maximum Gasteiger partial charge on any atom is 0.146 e. The van der Waals surface area contributed by atoms with Crippen molar-refractivity contribution in [3.05, 3.63) is 46.7 Å². The highest BCUT2D eigenvalue weighted by atomic mass is 79.9. The molecule has 4 nitrogen and oxygen atoms in total. The number of fused-ring (bicyclic) bond motifs is 1. The number of benzene rings is 1. The SMILES string of the molecule is COc1cc(OC)cc(-c2nc(Br)c3cc(C)ccn23)c1. The van der Waals surface area contributed by atoms with Crippen LogP contribution in [0.3, 0.4) is 0 Å². The molecule has 0 spiro atoms. The molecule has 0 aliphatic carbocycles. The van der Waals surface area contributed by atoms with Gasteiger partial charge in [-0.1, -0.05) is 0 Å². The van der Waals surface area contributed by atoms with Crippen molar-refractivity contribution in [3.8, 4) is 22.9 Å². The van der Waals surface area contributed by atoms with Crippen molar-refractivity contribution < 1.29 is 9.47 Å². The number of imidazole rings is 1. The molecule has 0 saturated carbocycles. The summed E-state index contributed by atoms with van der Waals surface area (Å²) in [5, 5.41) is 0. The highest BCUT2D eigenvalue weighted by Crippen LogP contribution is 2.32. The molecule has 0 unspecified atom stereocenters. The molecule has 0 bridgehead atoms. The zero-order chi connectivity index (χ0) is 15.0. The van der Waals surface area contributed by atoms with Crippen LogP contribution >= 0.6 is 15.9 Å². The van der Waals surface area contributed by atoms with Gasteiger partial charge in [-0.05, 0) is 52.7 Å². The van der Waals surface area contributed by atoms with E-state index < -0.39 is 0 Å². The molecule has 0 radical (unpaired) electrons. The van der Waals surface area contributed by atoms with Crippen molar-refractivity contribution in [2.45, 2.75) is 6.92 Å². The first-order valence-electron chi connectivity index (χ1n) is 6.50. The smallest absolute Gasteiger partial charge is 0.146 e. The standard InChI is InChI=1S/C16H15BrN2O2/c1-10-4-5-19-14(6-10)15(17)18-16(19)11-7-12(20-2)9-13(8-11)21-3/h4-9H,1-3H3. The number of hydrogen-bond acceptors (Lipinski definition) is 3. The van der Waals surface area contributed by atoms with Gasteiger partial charge in [-0.25, -0.2) is 4.98 Å². The van der Waals surface area contributed by atoms with E-state index in [1.165, 1.54) is 5.56 Å². The minimum Gasteiger partial charge on any atom is -0.497 e. The molecule has 21 heavy (non-hydrogen) atoms. The van der Waals surface area contributed by atoms with Crippen LogP contribution in [0, 0.1) is 6.92 Å². The Morgan fingerprint density at radius 1 is 1.05 bits per heavy atom. The van der Waals surface area contributed by atoms with Crippen molar-refractivity contribution in [1.82, 2.24) is 9.38 Å². The Kier molecular flexibility index (Phi) is 3.59. The van der Waals surface area contributed by atoms with Crippen LogP contribution in [0.2, 0.25) is 0 Å². The zero-order valence-electron chi connectivity index (χ0n) is 12.1. The quantitative estimate of drug-likeness (QED) is 0.716. The molecule has 3 rings (SSSR count). The molecule has 5 heteroatoms. The lowest BCUT2D eigenvalue weighted by atomic mass is 10.2. The van der Waals surface area contributed by atoms with Gasteiger partial charge in [0, 0.05) is 17.8 Å². The molecule has 1 aromatic carbocycles. The van der Waals surface area contributed by atoms with Crippen LogP contribution in [0.15, 0.2) is 41.1 Å². The molecule has 0 amide bonds. The fourth-order valence-electron chi connectivity index (χ4n) is 2.29. The second-order valence-corrected chi connectivity index (χ2v) is 5.54. The monoisotopic (exact) mass is 346 g/mol. The van der Waals surface area contributed by atoms with E-state index in [1.807, 2.05) is 28.8 Å². The van der Waals surface area contributed by atoms with Crippen LogP contribution in [-0.2, 0) is 0 Å². The van der Waals surface area contributed by atoms with Crippen LogP contribution in [0.5, 0.6) is 11.5 Å². The van der Waals surface area contributed by atoms with E-state index >= 15 is 0 Å². The molecule has 3 aromatic rings. The topological polar surface area (TPSA) is 35.8 Å².